The van der Waals surface area contributed by atoms with Crippen molar-refractivity contribution < 1.29 is 19.8 Å². The number of hydrogen-bond donors (Lipinski definition) is 4. The summed E-state index contributed by atoms with van der Waals surface area (Å²) >= 11 is 0. The molecule has 0 saturated heterocycles. The van der Waals surface area contributed by atoms with Crippen molar-refractivity contribution >= 4 is 12.0 Å². The number of urea groups is 1. The number of nitrogens with zero attached hydrogens (tertiary/aromatic N) is 2. The number of aromatic nitrogens is 2. The lowest BCUT2D eigenvalue weighted by Gasteiger charge is -2.12. The van der Waals surface area contributed by atoms with Gasteiger partial charge in [-0.3, -0.25) is 0 Å². The van der Waals surface area contributed by atoms with Gasteiger partial charge in [0.2, 0.25) is 0 Å². The summed E-state index contributed by atoms with van der Waals surface area (Å²) in [7, 11) is 1.77. The molecule has 2 amide bonds. The van der Waals surface area contributed by atoms with Crippen LogP contribution in [0.4, 0.5) is 4.79 Å². The monoisotopic (exact) mass is 242 g/mol. The molecule has 0 fully saturated rings. The minimum Gasteiger partial charge on any atom is -0.480 e. The standard InChI is InChI=1S/C9H14N4O4/c1-13-3-2-10-7(13)4-11-9(17)12-6(5-14)8(15)16/h2-3,6,14H,4-5H2,1H3,(H,15,16)(H2,11,12,17)/t6-/m0/s1. The van der Waals surface area contributed by atoms with Crippen LogP contribution < -0.4 is 10.6 Å². The number of aryl methyl sites for hydroxylation is 1. The molecule has 0 radical (unpaired) electrons. The quantitative estimate of drug-likeness (QED) is 0.510. The van der Waals surface area contributed by atoms with Gasteiger partial charge in [0, 0.05) is 19.4 Å². The van der Waals surface area contributed by atoms with E-state index in [1.165, 1.54) is 0 Å². The number of hydrogen-bond acceptors (Lipinski definition) is 4. The molecule has 1 aromatic rings. The molecule has 17 heavy (non-hydrogen) atoms. The van der Waals surface area contributed by atoms with Crippen molar-refractivity contribution in [3.05, 3.63) is 18.2 Å². The van der Waals surface area contributed by atoms with Gasteiger partial charge in [-0.2, -0.15) is 0 Å². The van der Waals surface area contributed by atoms with E-state index in [-0.39, 0.29) is 6.54 Å². The SMILES string of the molecule is Cn1ccnc1CNC(=O)N[C@@H](CO)C(=O)O. The first-order chi connectivity index (χ1) is 8.04. The fraction of sp³-hybridized carbons (Fsp3) is 0.444. The maximum absolute atomic E-state index is 11.3. The molecular formula is C9H14N4O4. The van der Waals surface area contributed by atoms with Crippen molar-refractivity contribution in [1.82, 2.24) is 20.2 Å². The smallest absolute Gasteiger partial charge is 0.328 e. The van der Waals surface area contributed by atoms with E-state index in [4.69, 9.17) is 10.2 Å². The molecule has 1 rings (SSSR count). The molecule has 0 aromatic carbocycles. The predicted octanol–water partition coefficient (Wildman–Crippen LogP) is -1.34. The van der Waals surface area contributed by atoms with Crippen molar-refractivity contribution in [3.63, 3.8) is 0 Å². The summed E-state index contributed by atoms with van der Waals surface area (Å²) in [6.07, 6.45) is 3.31. The average molecular weight is 242 g/mol. The zero-order valence-corrected chi connectivity index (χ0v) is 9.25. The molecule has 0 aliphatic heterocycles. The first kappa shape index (κ1) is 13.0. The number of nitrogens with one attached hydrogen (secondary N) is 2. The molecular weight excluding hydrogens is 228 g/mol. The molecule has 0 unspecified atom stereocenters. The number of rotatable bonds is 5. The highest BCUT2D eigenvalue weighted by atomic mass is 16.4. The zero-order chi connectivity index (χ0) is 12.8. The van der Waals surface area contributed by atoms with Gasteiger partial charge in [-0.05, 0) is 0 Å². The summed E-state index contributed by atoms with van der Waals surface area (Å²) in [6.45, 7) is -0.488. The largest absolute Gasteiger partial charge is 0.480 e. The van der Waals surface area contributed by atoms with Crippen molar-refractivity contribution in [2.75, 3.05) is 6.61 Å². The van der Waals surface area contributed by atoms with Gasteiger partial charge in [-0.15, -0.1) is 0 Å². The van der Waals surface area contributed by atoms with Crippen LogP contribution in [0.5, 0.6) is 0 Å². The number of aliphatic hydroxyl groups is 1. The summed E-state index contributed by atoms with van der Waals surface area (Å²) in [6, 6.07) is -1.98. The average Bonchev–Trinajstić information content (AvgIpc) is 2.68. The Morgan fingerprint density at radius 2 is 2.29 bits per heavy atom. The third-order valence-electron chi connectivity index (χ3n) is 2.11. The number of carbonyl (C=O) groups is 2. The molecule has 0 aliphatic carbocycles. The molecule has 8 heteroatoms. The minimum absolute atomic E-state index is 0.174. The van der Waals surface area contributed by atoms with E-state index in [1.54, 1.807) is 24.0 Å². The Morgan fingerprint density at radius 3 is 2.76 bits per heavy atom. The summed E-state index contributed by atoms with van der Waals surface area (Å²) in [4.78, 5) is 25.8. The molecule has 4 N–H and O–H groups in total. The lowest BCUT2D eigenvalue weighted by Crippen LogP contribution is -2.47. The second kappa shape index (κ2) is 5.85. The van der Waals surface area contributed by atoms with Crippen LogP contribution in [0.15, 0.2) is 12.4 Å². The molecule has 0 saturated carbocycles. The van der Waals surface area contributed by atoms with Crippen molar-refractivity contribution in [3.8, 4) is 0 Å². The predicted molar refractivity (Wildman–Crippen MR) is 57.1 cm³/mol. The van der Waals surface area contributed by atoms with Crippen LogP contribution in [0.25, 0.3) is 0 Å². The highest BCUT2D eigenvalue weighted by molar-refractivity contribution is 5.82. The van der Waals surface area contributed by atoms with Crippen LogP contribution in [0.1, 0.15) is 5.82 Å². The molecule has 0 bridgehead atoms. The number of carbonyl (C=O) groups excluding carboxylic acids is 1. The number of aliphatic carboxylic acids is 1. The van der Waals surface area contributed by atoms with Gasteiger partial charge >= 0.3 is 12.0 Å². The summed E-state index contributed by atoms with van der Waals surface area (Å²) in [5.74, 6) is -0.657. The summed E-state index contributed by atoms with van der Waals surface area (Å²) in [5, 5.41) is 21.9. The Labute approximate surface area is 97.3 Å². The molecule has 0 spiro atoms. The summed E-state index contributed by atoms with van der Waals surface area (Å²) in [5.41, 5.74) is 0. The van der Waals surface area contributed by atoms with Gasteiger partial charge in [0.25, 0.3) is 0 Å². The fourth-order valence-electron chi connectivity index (χ4n) is 1.12. The first-order valence-electron chi connectivity index (χ1n) is 4.88. The zero-order valence-electron chi connectivity index (χ0n) is 9.25. The van der Waals surface area contributed by atoms with E-state index >= 15 is 0 Å². The maximum atomic E-state index is 11.3. The Morgan fingerprint density at radius 1 is 1.59 bits per heavy atom. The van der Waals surface area contributed by atoms with Gasteiger partial charge in [-0.25, -0.2) is 14.6 Å². The molecule has 8 nitrogen and oxygen atoms in total. The minimum atomic E-state index is -1.31. The van der Waals surface area contributed by atoms with E-state index in [9.17, 15) is 9.59 Å². The third-order valence-corrected chi connectivity index (χ3v) is 2.11. The third kappa shape index (κ3) is 3.76. The van der Waals surface area contributed by atoms with E-state index in [0.29, 0.717) is 5.82 Å². The highest BCUT2D eigenvalue weighted by Crippen LogP contribution is 1.92. The van der Waals surface area contributed by atoms with Crippen LogP contribution in [-0.2, 0) is 18.4 Å². The lowest BCUT2D eigenvalue weighted by molar-refractivity contribution is -0.140. The van der Waals surface area contributed by atoms with E-state index in [0.717, 1.165) is 0 Å². The first-order valence-corrected chi connectivity index (χ1v) is 4.88. The van der Waals surface area contributed by atoms with Crippen LogP contribution in [0.3, 0.4) is 0 Å². The van der Waals surface area contributed by atoms with Crippen molar-refractivity contribution in [2.24, 2.45) is 7.05 Å². The Hall–Kier alpha value is -2.09. The van der Waals surface area contributed by atoms with Gasteiger partial charge in [0.15, 0.2) is 6.04 Å². The van der Waals surface area contributed by atoms with Gasteiger partial charge in [-0.1, -0.05) is 0 Å². The Kier molecular flexibility index (Phi) is 4.46. The number of amides is 2. The van der Waals surface area contributed by atoms with Gasteiger partial charge in [0.1, 0.15) is 5.82 Å². The highest BCUT2D eigenvalue weighted by Gasteiger charge is 2.18. The second-order valence-electron chi connectivity index (χ2n) is 3.35. The Bertz CT molecular complexity index is 403. The van der Waals surface area contributed by atoms with E-state index in [2.05, 4.69) is 15.6 Å². The molecule has 1 atom stereocenters. The van der Waals surface area contributed by atoms with Crippen molar-refractivity contribution in [1.29, 1.82) is 0 Å². The van der Waals surface area contributed by atoms with Crippen LogP contribution >= 0.6 is 0 Å². The fourth-order valence-corrected chi connectivity index (χ4v) is 1.12. The van der Waals surface area contributed by atoms with Crippen molar-refractivity contribution in [2.45, 2.75) is 12.6 Å². The normalized spacial score (nSPS) is 11.9. The van der Waals surface area contributed by atoms with E-state index in [1.807, 2.05) is 0 Å². The lowest BCUT2D eigenvalue weighted by atomic mass is 10.3. The molecule has 0 aliphatic rings. The maximum Gasteiger partial charge on any atom is 0.328 e. The van der Waals surface area contributed by atoms with Crippen LogP contribution in [-0.4, -0.2) is 44.4 Å². The van der Waals surface area contributed by atoms with Gasteiger partial charge in [0.05, 0.1) is 13.2 Å². The number of carboxylic acid groups (broad SMARTS) is 1. The summed E-state index contributed by atoms with van der Waals surface area (Å²) < 4.78 is 1.72. The molecule has 94 valence electrons. The number of aliphatic hydroxyl groups excluding tert-OH is 1. The number of carboxylic acids is 1. The van der Waals surface area contributed by atoms with Gasteiger partial charge < -0.3 is 25.4 Å². The van der Waals surface area contributed by atoms with Crippen LogP contribution in [0, 0.1) is 0 Å². The van der Waals surface area contributed by atoms with E-state index < -0.39 is 24.6 Å². The molecule has 1 heterocycles. The molecule has 1 aromatic heterocycles. The second-order valence-corrected chi connectivity index (χ2v) is 3.35. The Balaban J connectivity index is 2.40. The topological polar surface area (TPSA) is 116 Å². The number of imidazole rings is 1. The van der Waals surface area contributed by atoms with Crippen LogP contribution in [0.2, 0.25) is 0 Å².